The molecule has 0 aliphatic heterocycles. The third-order valence-electron chi connectivity index (χ3n) is 4.10. The second-order valence-corrected chi connectivity index (χ2v) is 9.76. The zero-order valence-electron chi connectivity index (χ0n) is 15.6. The van der Waals surface area contributed by atoms with E-state index < -0.39 is 0 Å². The van der Waals surface area contributed by atoms with Gasteiger partial charge >= 0.3 is 0 Å². The Morgan fingerprint density at radius 3 is 2.48 bits per heavy atom. The Morgan fingerprint density at radius 2 is 1.76 bits per heavy atom. The summed E-state index contributed by atoms with van der Waals surface area (Å²) in [7, 11) is 0. The van der Waals surface area contributed by atoms with Crippen molar-refractivity contribution in [3.05, 3.63) is 45.8 Å². The lowest BCUT2D eigenvalue weighted by molar-refractivity contribution is 0.613. The maximum atomic E-state index is 4.89. The maximum Gasteiger partial charge on any atom is 0.183 e. The molecule has 0 aliphatic rings. The first-order chi connectivity index (χ1) is 12.0. The van der Waals surface area contributed by atoms with Gasteiger partial charge in [-0.3, -0.25) is 0 Å². The van der Waals surface area contributed by atoms with Gasteiger partial charge in [0.05, 0.1) is 5.69 Å². The van der Waals surface area contributed by atoms with Crippen molar-refractivity contribution in [2.24, 2.45) is 11.8 Å². The van der Waals surface area contributed by atoms with Crippen LogP contribution < -0.4 is 5.32 Å². The molecule has 0 bridgehead atoms. The van der Waals surface area contributed by atoms with Gasteiger partial charge in [0.25, 0.3) is 0 Å². The highest BCUT2D eigenvalue weighted by molar-refractivity contribution is 7.19. The van der Waals surface area contributed by atoms with E-state index in [4.69, 9.17) is 4.98 Å². The van der Waals surface area contributed by atoms with Crippen molar-refractivity contribution in [3.63, 3.8) is 0 Å². The molecule has 1 N–H and O–H groups in total. The first kappa shape index (κ1) is 18.4. The zero-order chi connectivity index (χ0) is 17.8. The smallest absolute Gasteiger partial charge is 0.183 e. The number of benzene rings is 1. The lowest BCUT2D eigenvalue weighted by Gasteiger charge is -2.06. The second kappa shape index (κ2) is 8.33. The van der Waals surface area contributed by atoms with E-state index in [1.807, 2.05) is 22.7 Å². The molecule has 3 rings (SSSR count). The number of fused-ring (bicyclic) bond motifs is 1. The van der Waals surface area contributed by atoms with Crippen LogP contribution in [-0.2, 0) is 19.3 Å². The highest BCUT2D eigenvalue weighted by atomic mass is 32.1. The molecule has 2 heterocycles. The van der Waals surface area contributed by atoms with Crippen molar-refractivity contribution < 1.29 is 0 Å². The molecule has 25 heavy (non-hydrogen) atoms. The number of thiazole rings is 1. The fourth-order valence-corrected chi connectivity index (χ4v) is 5.28. The van der Waals surface area contributed by atoms with Crippen molar-refractivity contribution in [1.29, 1.82) is 0 Å². The van der Waals surface area contributed by atoms with E-state index in [9.17, 15) is 0 Å². The third kappa shape index (κ3) is 5.05. The van der Waals surface area contributed by atoms with E-state index >= 15 is 0 Å². The molecule has 0 unspecified atom stereocenters. The Balaban J connectivity index is 1.62. The van der Waals surface area contributed by atoms with Gasteiger partial charge in [-0.1, -0.05) is 45.9 Å². The molecule has 1 aromatic carbocycles. The molecule has 0 atom stereocenters. The van der Waals surface area contributed by atoms with Gasteiger partial charge in [0.2, 0.25) is 0 Å². The summed E-state index contributed by atoms with van der Waals surface area (Å²) in [5.74, 6) is 1.33. The van der Waals surface area contributed by atoms with Crippen LogP contribution in [0.25, 0.3) is 10.1 Å². The lowest BCUT2D eigenvalue weighted by Crippen LogP contribution is -2.04. The molecule has 4 heteroatoms. The Labute approximate surface area is 159 Å². The Morgan fingerprint density at radius 1 is 1.00 bits per heavy atom. The minimum atomic E-state index is 0.652. The number of aromatic nitrogens is 1. The summed E-state index contributed by atoms with van der Waals surface area (Å²) >= 11 is 3.75. The zero-order valence-corrected chi connectivity index (χ0v) is 17.3. The first-order valence-electron chi connectivity index (χ1n) is 9.21. The van der Waals surface area contributed by atoms with E-state index in [2.05, 4.69) is 63.3 Å². The van der Waals surface area contributed by atoms with Crippen LogP contribution in [0.2, 0.25) is 0 Å². The molecule has 0 saturated heterocycles. The van der Waals surface area contributed by atoms with Crippen molar-refractivity contribution >= 4 is 37.9 Å². The monoisotopic (exact) mass is 372 g/mol. The summed E-state index contributed by atoms with van der Waals surface area (Å²) in [5.41, 5.74) is 1.30. The number of anilines is 1. The third-order valence-corrected chi connectivity index (χ3v) is 6.35. The van der Waals surface area contributed by atoms with Gasteiger partial charge in [0.15, 0.2) is 5.13 Å². The maximum absolute atomic E-state index is 4.89. The van der Waals surface area contributed by atoms with Crippen LogP contribution in [0, 0.1) is 11.8 Å². The van der Waals surface area contributed by atoms with E-state index in [0.29, 0.717) is 11.8 Å². The highest BCUT2D eigenvalue weighted by Gasteiger charge is 2.14. The van der Waals surface area contributed by atoms with Crippen molar-refractivity contribution in [2.45, 2.75) is 47.0 Å². The number of nitrogens with zero attached hydrogens (tertiary/aromatic N) is 1. The van der Waals surface area contributed by atoms with Crippen LogP contribution >= 0.6 is 22.7 Å². The summed E-state index contributed by atoms with van der Waals surface area (Å²) in [6.07, 6.45) is 3.27. The summed E-state index contributed by atoms with van der Waals surface area (Å²) < 4.78 is 1.38. The molecule has 0 saturated carbocycles. The Bertz CT molecular complexity index is 754. The van der Waals surface area contributed by atoms with Crippen LogP contribution in [0.1, 0.15) is 43.1 Å². The van der Waals surface area contributed by atoms with Gasteiger partial charge in [-0.05, 0) is 48.6 Å². The van der Waals surface area contributed by atoms with Crippen LogP contribution in [-0.4, -0.2) is 11.5 Å². The SMILES string of the molecule is CC(C)Cc1nc(NCCc2cc3ccccc3s2)sc1CC(C)C. The number of hydrogen-bond donors (Lipinski definition) is 1. The summed E-state index contributed by atoms with van der Waals surface area (Å²) in [6.45, 7) is 10.1. The summed E-state index contributed by atoms with van der Waals surface area (Å²) in [5, 5.41) is 6.01. The van der Waals surface area contributed by atoms with Crippen LogP contribution in [0.5, 0.6) is 0 Å². The molecular weight excluding hydrogens is 344 g/mol. The second-order valence-electron chi connectivity index (χ2n) is 7.51. The van der Waals surface area contributed by atoms with Crippen LogP contribution in [0.3, 0.4) is 0 Å². The van der Waals surface area contributed by atoms with E-state index in [-0.39, 0.29) is 0 Å². The quantitative estimate of drug-likeness (QED) is 0.494. The predicted octanol–water partition coefficient (Wildman–Crippen LogP) is 6.41. The minimum absolute atomic E-state index is 0.652. The average molecular weight is 373 g/mol. The molecule has 0 aliphatic carbocycles. The molecular formula is C21H28N2S2. The van der Waals surface area contributed by atoms with Crippen molar-refractivity contribution in [2.75, 3.05) is 11.9 Å². The fourth-order valence-electron chi connectivity index (χ4n) is 2.99. The topological polar surface area (TPSA) is 24.9 Å². The standard InChI is InChI=1S/C21H28N2S2/c1-14(2)11-18-20(12-15(3)4)25-21(23-18)22-10-9-17-13-16-7-5-6-8-19(16)24-17/h5-8,13-15H,9-12H2,1-4H3,(H,22,23). The molecule has 2 nitrogen and oxygen atoms in total. The van der Waals surface area contributed by atoms with Crippen LogP contribution in [0.15, 0.2) is 30.3 Å². The van der Waals surface area contributed by atoms with E-state index in [1.165, 1.54) is 25.5 Å². The molecule has 0 amide bonds. The molecule has 0 spiro atoms. The molecule has 0 radical (unpaired) electrons. The number of thiophene rings is 1. The lowest BCUT2D eigenvalue weighted by atomic mass is 10.0. The fraction of sp³-hybridized carbons (Fsp3) is 0.476. The summed E-state index contributed by atoms with van der Waals surface area (Å²) in [6, 6.07) is 10.9. The van der Waals surface area contributed by atoms with Gasteiger partial charge in [0.1, 0.15) is 0 Å². The predicted molar refractivity (Wildman–Crippen MR) is 113 cm³/mol. The van der Waals surface area contributed by atoms with E-state index in [0.717, 1.165) is 30.9 Å². The Hall–Kier alpha value is -1.39. The molecule has 3 aromatic rings. The van der Waals surface area contributed by atoms with Crippen LogP contribution in [0.4, 0.5) is 5.13 Å². The number of nitrogens with one attached hydrogen (secondary N) is 1. The summed E-state index contributed by atoms with van der Waals surface area (Å²) in [4.78, 5) is 7.79. The van der Waals surface area contributed by atoms with E-state index in [1.54, 1.807) is 0 Å². The normalized spacial score (nSPS) is 11.8. The molecule has 134 valence electrons. The van der Waals surface area contributed by atoms with Crippen molar-refractivity contribution in [3.8, 4) is 0 Å². The average Bonchev–Trinajstić information content (AvgIpc) is 3.10. The van der Waals surface area contributed by atoms with Gasteiger partial charge in [-0.2, -0.15) is 0 Å². The molecule has 0 fully saturated rings. The number of hydrogen-bond acceptors (Lipinski definition) is 4. The molecule has 2 aromatic heterocycles. The number of rotatable bonds is 8. The van der Waals surface area contributed by atoms with Gasteiger partial charge < -0.3 is 5.32 Å². The first-order valence-corrected chi connectivity index (χ1v) is 10.8. The van der Waals surface area contributed by atoms with Gasteiger partial charge in [-0.25, -0.2) is 4.98 Å². The minimum Gasteiger partial charge on any atom is -0.361 e. The van der Waals surface area contributed by atoms with Crippen molar-refractivity contribution in [1.82, 2.24) is 4.98 Å². The van der Waals surface area contributed by atoms with Gasteiger partial charge in [0, 0.05) is 21.0 Å². The van der Waals surface area contributed by atoms with Gasteiger partial charge in [-0.15, -0.1) is 22.7 Å². The largest absolute Gasteiger partial charge is 0.361 e. The Kier molecular flexibility index (Phi) is 6.13. The highest BCUT2D eigenvalue weighted by Crippen LogP contribution is 2.28.